The predicted molar refractivity (Wildman–Crippen MR) is 99.8 cm³/mol. The Bertz CT molecular complexity index is 653. The van der Waals surface area contributed by atoms with E-state index in [1.54, 1.807) is 18.3 Å². The molecule has 2 aromatic heterocycles. The third-order valence-electron chi connectivity index (χ3n) is 4.15. The number of carbonyl (C=O) groups is 1. The van der Waals surface area contributed by atoms with Crippen LogP contribution in [0.2, 0.25) is 0 Å². The Morgan fingerprint density at radius 2 is 2.16 bits per heavy atom. The van der Waals surface area contributed by atoms with E-state index in [1.807, 2.05) is 22.4 Å². The van der Waals surface area contributed by atoms with Gasteiger partial charge in [0, 0.05) is 32.6 Å². The second kappa shape index (κ2) is 9.28. The molecule has 1 aliphatic heterocycles. The minimum absolute atomic E-state index is 0. The summed E-state index contributed by atoms with van der Waals surface area (Å²) in [6.45, 7) is 6.00. The molecule has 2 aromatic rings. The largest absolute Gasteiger partial charge is 0.339 e. The van der Waals surface area contributed by atoms with E-state index in [2.05, 4.69) is 15.0 Å². The fraction of sp³-hybridized carbons (Fsp3) is 0.562. The molecule has 0 saturated carbocycles. The van der Waals surface area contributed by atoms with E-state index in [4.69, 9.17) is 10.3 Å². The number of halogens is 1. The van der Waals surface area contributed by atoms with Crippen molar-refractivity contribution in [1.29, 1.82) is 0 Å². The number of nitrogens with zero attached hydrogens (tertiary/aromatic N) is 4. The van der Waals surface area contributed by atoms with E-state index >= 15 is 0 Å². The van der Waals surface area contributed by atoms with E-state index in [0.29, 0.717) is 11.7 Å². The number of piperazine rings is 1. The average Bonchev–Trinajstić information content (AvgIpc) is 3.26. The summed E-state index contributed by atoms with van der Waals surface area (Å²) in [7, 11) is 0. The minimum atomic E-state index is -0.411. The highest BCUT2D eigenvalue weighted by Crippen LogP contribution is 2.21. The van der Waals surface area contributed by atoms with Crippen LogP contribution in [0.5, 0.6) is 0 Å². The van der Waals surface area contributed by atoms with Gasteiger partial charge in [0.2, 0.25) is 17.6 Å². The number of rotatable bonds is 6. The first-order chi connectivity index (χ1) is 11.6. The van der Waals surface area contributed by atoms with E-state index in [0.717, 1.165) is 50.4 Å². The molecule has 7 nitrogen and oxygen atoms in total. The highest BCUT2D eigenvalue weighted by molar-refractivity contribution is 7.13. The van der Waals surface area contributed by atoms with Crippen LogP contribution in [-0.2, 0) is 11.2 Å². The summed E-state index contributed by atoms with van der Waals surface area (Å²) in [5, 5.41) is 6.03. The summed E-state index contributed by atoms with van der Waals surface area (Å²) in [5.74, 6) is 1.40. The molecule has 9 heteroatoms. The Morgan fingerprint density at radius 3 is 2.80 bits per heavy atom. The highest BCUT2D eigenvalue weighted by Gasteiger charge is 2.22. The Hall–Kier alpha value is -1.48. The normalized spacial score (nSPS) is 16.5. The molecule has 0 aliphatic carbocycles. The number of aryl methyl sites for hydroxylation is 1. The van der Waals surface area contributed by atoms with Crippen LogP contribution in [0.25, 0.3) is 10.7 Å². The zero-order chi connectivity index (χ0) is 16.9. The van der Waals surface area contributed by atoms with Gasteiger partial charge in [0.25, 0.3) is 0 Å². The standard InChI is InChI=1S/C16H23N5O2S.ClH/c1-12(17)16(22)21-9-7-20(8-10-21)6-2-5-14-18-15(19-23-14)13-4-3-11-24-13;/h3-4,11-12H,2,5-10,17H2,1H3;1H. The summed E-state index contributed by atoms with van der Waals surface area (Å²) in [6.07, 6.45) is 1.74. The smallest absolute Gasteiger partial charge is 0.239 e. The molecule has 1 saturated heterocycles. The quantitative estimate of drug-likeness (QED) is 0.813. The van der Waals surface area contributed by atoms with Crippen molar-refractivity contribution >= 4 is 29.7 Å². The van der Waals surface area contributed by atoms with Gasteiger partial charge in [-0.15, -0.1) is 23.7 Å². The number of hydrogen-bond donors (Lipinski definition) is 1. The van der Waals surface area contributed by atoms with Crippen molar-refractivity contribution in [3.05, 3.63) is 23.4 Å². The second-order valence-corrected chi connectivity index (χ2v) is 7.00. The molecule has 0 radical (unpaired) electrons. The SMILES string of the molecule is CC(N)C(=O)N1CCN(CCCc2nc(-c3cccs3)no2)CC1.Cl. The fourth-order valence-electron chi connectivity index (χ4n) is 2.80. The second-order valence-electron chi connectivity index (χ2n) is 6.05. The Kier molecular flexibility index (Phi) is 7.37. The Labute approximate surface area is 157 Å². The maximum atomic E-state index is 11.9. The van der Waals surface area contributed by atoms with Crippen molar-refractivity contribution in [2.75, 3.05) is 32.7 Å². The summed E-state index contributed by atoms with van der Waals surface area (Å²) < 4.78 is 5.31. The van der Waals surface area contributed by atoms with Gasteiger partial charge in [-0.3, -0.25) is 9.69 Å². The summed E-state index contributed by atoms with van der Waals surface area (Å²) in [4.78, 5) is 21.5. The molecule has 0 aromatic carbocycles. The predicted octanol–water partition coefficient (Wildman–Crippen LogP) is 1.64. The maximum absolute atomic E-state index is 11.9. The Balaban J connectivity index is 0.00000225. The zero-order valence-electron chi connectivity index (χ0n) is 14.3. The van der Waals surface area contributed by atoms with Crippen molar-refractivity contribution in [3.63, 3.8) is 0 Å². The van der Waals surface area contributed by atoms with Crippen LogP contribution in [0.3, 0.4) is 0 Å². The van der Waals surface area contributed by atoms with Gasteiger partial charge in [0.05, 0.1) is 10.9 Å². The lowest BCUT2D eigenvalue weighted by Gasteiger charge is -2.35. The van der Waals surface area contributed by atoms with Crippen LogP contribution in [0, 0.1) is 0 Å². The Morgan fingerprint density at radius 1 is 1.40 bits per heavy atom. The van der Waals surface area contributed by atoms with Crippen LogP contribution in [-0.4, -0.2) is 64.6 Å². The first-order valence-electron chi connectivity index (χ1n) is 8.26. The number of aromatic nitrogens is 2. The minimum Gasteiger partial charge on any atom is -0.339 e. The number of nitrogens with two attached hydrogens (primary N) is 1. The molecule has 25 heavy (non-hydrogen) atoms. The number of amides is 1. The van der Waals surface area contributed by atoms with E-state index in [-0.39, 0.29) is 18.3 Å². The summed E-state index contributed by atoms with van der Waals surface area (Å²) in [5.41, 5.74) is 5.66. The number of carbonyl (C=O) groups excluding carboxylic acids is 1. The molecule has 0 spiro atoms. The third-order valence-corrected chi connectivity index (χ3v) is 5.01. The molecule has 138 valence electrons. The third kappa shape index (κ3) is 5.24. The van der Waals surface area contributed by atoms with Crippen molar-refractivity contribution in [2.24, 2.45) is 5.73 Å². The van der Waals surface area contributed by atoms with Gasteiger partial charge in [-0.2, -0.15) is 4.98 Å². The molecule has 1 fully saturated rings. The van der Waals surface area contributed by atoms with Gasteiger partial charge in [-0.05, 0) is 31.3 Å². The van der Waals surface area contributed by atoms with Gasteiger partial charge in [0.15, 0.2) is 0 Å². The van der Waals surface area contributed by atoms with Crippen LogP contribution in [0.4, 0.5) is 0 Å². The topological polar surface area (TPSA) is 88.5 Å². The molecular weight excluding hydrogens is 362 g/mol. The number of hydrogen-bond acceptors (Lipinski definition) is 7. The monoisotopic (exact) mass is 385 g/mol. The maximum Gasteiger partial charge on any atom is 0.239 e. The van der Waals surface area contributed by atoms with E-state index in [9.17, 15) is 4.79 Å². The first-order valence-corrected chi connectivity index (χ1v) is 9.14. The molecule has 0 bridgehead atoms. The number of thiophene rings is 1. The van der Waals surface area contributed by atoms with Gasteiger partial charge in [-0.1, -0.05) is 11.2 Å². The van der Waals surface area contributed by atoms with Gasteiger partial charge in [0.1, 0.15) is 0 Å². The van der Waals surface area contributed by atoms with Crippen LogP contribution < -0.4 is 5.73 Å². The van der Waals surface area contributed by atoms with Crippen molar-refractivity contribution in [1.82, 2.24) is 19.9 Å². The molecular formula is C16H24ClN5O2S. The zero-order valence-corrected chi connectivity index (χ0v) is 15.9. The molecule has 2 N–H and O–H groups in total. The molecule has 1 unspecified atom stereocenters. The summed E-state index contributed by atoms with van der Waals surface area (Å²) >= 11 is 1.61. The van der Waals surface area contributed by atoms with Crippen molar-refractivity contribution < 1.29 is 9.32 Å². The van der Waals surface area contributed by atoms with Crippen molar-refractivity contribution in [3.8, 4) is 10.7 Å². The highest BCUT2D eigenvalue weighted by atomic mass is 35.5. The van der Waals surface area contributed by atoms with E-state index < -0.39 is 6.04 Å². The van der Waals surface area contributed by atoms with Crippen LogP contribution >= 0.6 is 23.7 Å². The van der Waals surface area contributed by atoms with Crippen LogP contribution in [0.1, 0.15) is 19.2 Å². The van der Waals surface area contributed by atoms with Crippen LogP contribution in [0.15, 0.2) is 22.0 Å². The van der Waals surface area contributed by atoms with Gasteiger partial charge >= 0.3 is 0 Å². The molecule has 1 atom stereocenters. The fourth-order valence-corrected chi connectivity index (χ4v) is 3.45. The molecule has 1 aliphatic rings. The summed E-state index contributed by atoms with van der Waals surface area (Å²) in [6, 6.07) is 3.56. The van der Waals surface area contributed by atoms with Gasteiger partial charge in [-0.25, -0.2) is 0 Å². The molecule has 3 heterocycles. The average molecular weight is 386 g/mol. The lowest BCUT2D eigenvalue weighted by atomic mass is 10.2. The lowest BCUT2D eigenvalue weighted by Crippen LogP contribution is -2.52. The van der Waals surface area contributed by atoms with E-state index in [1.165, 1.54) is 0 Å². The molecule has 1 amide bonds. The first kappa shape index (κ1) is 19.8. The lowest BCUT2D eigenvalue weighted by molar-refractivity contribution is -0.133. The van der Waals surface area contributed by atoms with Crippen molar-refractivity contribution in [2.45, 2.75) is 25.8 Å². The van der Waals surface area contributed by atoms with Gasteiger partial charge < -0.3 is 15.2 Å². The molecule has 3 rings (SSSR count).